The zero-order chi connectivity index (χ0) is 12.1. The summed E-state index contributed by atoms with van der Waals surface area (Å²) in [7, 11) is 1.59. The van der Waals surface area contributed by atoms with Crippen LogP contribution in [0.25, 0.3) is 0 Å². The fourth-order valence-corrected chi connectivity index (χ4v) is 1.80. The smallest absolute Gasteiger partial charge is 0.126 e. The fourth-order valence-electron chi connectivity index (χ4n) is 1.80. The van der Waals surface area contributed by atoms with Crippen molar-refractivity contribution >= 4 is 0 Å². The standard InChI is InChI=1S/C14H15NO2/c1-17-14(11-7-3-2-4-8-11)13(16)12-9-5-6-10-15-12/h2-10,13-14,16H,1H3/t13-,14?/m1/s1. The highest BCUT2D eigenvalue weighted by molar-refractivity contribution is 5.21. The summed E-state index contributed by atoms with van der Waals surface area (Å²) in [6.45, 7) is 0. The summed E-state index contributed by atoms with van der Waals surface area (Å²) < 4.78 is 5.36. The van der Waals surface area contributed by atoms with Gasteiger partial charge in [-0.1, -0.05) is 36.4 Å². The summed E-state index contributed by atoms with van der Waals surface area (Å²) in [5.41, 5.74) is 1.55. The SMILES string of the molecule is COC(c1ccccc1)[C@H](O)c1ccccn1. The molecule has 17 heavy (non-hydrogen) atoms. The Kier molecular flexibility index (Phi) is 3.85. The second-order valence-corrected chi connectivity index (χ2v) is 3.77. The lowest BCUT2D eigenvalue weighted by Gasteiger charge is -2.21. The first-order valence-corrected chi connectivity index (χ1v) is 5.49. The summed E-state index contributed by atoms with van der Waals surface area (Å²) >= 11 is 0. The highest BCUT2D eigenvalue weighted by Crippen LogP contribution is 2.29. The Bertz CT molecular complexity index is 444. The molecule has 0 saturated carbocycles. The molecule has 0 spiro atoms. The molecule has 1 aromatic heterocycles. The van der Waals surface area contributed by atoms with E-state index in [4.69, 9.17) is 4.74 Å². The number of aromatic nitrogens is 1. The van der Waals surface area contributed by atoms with E-state index in [9.17, 15) is 5.11 Å². The van der Waals surface area contributed by atoms with Crippen molar-refractivity contribution in [2.45, 2.75) is 12.2 Å². The largest absolute Gasteiger partial charge is 0.384 e. The summed E-state index contributed by atoms with van der Waals surface area (Å²) in [4.78, 5) is 4.14. The molecule has 1 N–H and O–H groups in total. The average Bonchev–Trinajstić information content (AvgIpc) is 2.42. The molecule has 1 heterocycles. The van der Waals surface area contributed by atoms with E-state index in [1.807, 2.05) is 42.5 Å². The number of pyridine rings is 1. The Labute approximate surface area is 101 Å². The maximum Gasteiger partial charge on any atom is 0.126 e. The molecule has 3 nitrogen and oxygen atoms in total. The number of nitrogens with zero attached hydrogens (tertiary/aromatic N) is 1. The number of methoxy groups -OCH3 is 1. The van der Waals surface area contributed by atoms with Gasteiger partial charge in [0.05, 0.1) is 5.69 Å². The van der Waals surface area contributed by atoms with Crippen molar-refractivity contribution < 1.29 is 9.84 Å². The fraction of sp³-hybridized carbons (Fsp3) is 0.214. The van der Waals surface area contributed by atoms with E-state index >= 15 is 0 Å². The Morgan fingerprint density at radius 2 is 1.76 bits per heavy atom. The Balaban J connectivity index is 2.25. The van der Waals surface area contributed by atoms with Crippen LogP contribution in [0.1, 0.15) is 23.5 Å². The third kappa shape index (κ3) is 2.70. The molecular formula is C14H15NO2. The highest BCUT2D eigenvalue weighted by atomic mass is 16.5. The molecule has 1 unspecified atom stereocenters. The molecule has 1 aromatic carbocycles. The molecule has 88 valence electrons. The first-order chi connectivity index (χ1) is 8.33. The van der Waals surface area contributed by atoms with Gasteiger partial charge in [-0.2, -0.15) is 0 Å². The predicted molar refractivity (Wildman–Crippen MR) is 65.4 cm³/mol. The van der Waals surface area contributed by atoms with Crippen molar-refractivity contribution in [1.29, 1.82) is 0 Å². The van der Waals surface area contributed by atoms with E-state index in [1.165, 1.54) is 0 Å². The van der Waals surface area contributed by atoms with Crippen LogP contribution in [0.5, 0.6) is 0 Å². The van der Waals surface area contributed by atoms with Crippen LogP contribution in [-0.2, 0) is 4.74 Å². The maximum atomic E-state index is 10.2. The van der Waals surface area contributed by atoms with E-state index < -0.39 is 12.2 Å². The van der Waals surface area contributed by atoms with Crippen LogP contribution < -0.4 is 0 Å². The molecule has 2 rings (SSSR count). The quantitative estimate of drug-likeness (QED) is 0.875. The molecule has 0 amide bonds. The number of benzene rings is 1. The molecule has 2 aromatic rings. The van der Waals surface area contributed by atoms with Crippen molar-refractivity contribution in [3.63, 3.8) is 0 Å². The van der Waals surface area contributed by atoms with Gasteiger partial charge in [0.1, 0.15) is 12.2 Å². The van der Waals surface area contributed by atoms with Gasteiger partial charge in [0.15, 0.2) is 0 Å². The Morgan fingerprint density at radius 1 is 1.06 bits per heavy atom. The van der Waals surface area contributed by atoms with E-state index in [2.05, 4.69) is 4.98 Å². The third-order valence-electron chi connectivity index (χ3n) is 2.66. The van der Waals surface area contributed by atoms with Crippen molar-refractivity contribution in [3.05, 3.63) is 66.0 Å². The van der Waals surface area contributed by atoms with Crippen LogP contribution in [0.15, 0.2) is 54.7 Å². The normalized spacial score (nSPS) is 14.2. The predicted octanol–water partition coefficient (Wildman–Crippen LogP) is 2.50. The van der Waals surface area contributed by atoms with Crippen LogP contribution in [0.2, 0.25) is 0 Å². The van der Waals surface area contributed by atoms with Crippen molar-refractivity contribution in [1.82, 2.24) is 4.98 Å². The topological polar surface area (TPSA) is 42.4 Å². The van der Waals surface area contributed by atoms with Gasteiger partial charge in [0, 0.05) is 13.3 Å². The lowest BCUT2D eigenvalue weighted by Crippen LogP contribution is -2.13. The van der Waals surface area contributed by atoms with Gasteiger partial charge in [-0.25, -0.2) is 0 Å². The van der Waals surface area contributed by atoms with E-state index in [-0.39, 0.29) is 0 Å². The molecule has 0 aliphatic rings. The van der Waals surface area contributed by atoms with Crippen molar-refractivity contribution in [3.8, 4) is 0 Å². The van der Waals surface area contributed by atoms with Gasteiger partial charge in [-0.3, -0.25) is 4.98 Å². The van der Waals surface area contributed by atoms with Crippen LogP contribution in [-0.4, -0.2) is 17.2 Å². The molecule has 0 aliphatic carbocycles. The van der Waals surface area contributed by atoms with E-state index in [0.717, 1.165) is 5.56 Å². The molecule has 3 heteroatoms. The zero-order valence-electron chi connectivity index (χ0n) is 9.65. The van der Waals surface area contributed by atoms with Gasteiger partial charge in [-0.15, -0.1) is 0 Å². The Morgan fingerprint density at radius 3 is 2.35 bits per heavy atom. The minimum Gasteiger partial charge on any atom is -0.384 e. The summed E-state index contributed by atoms with van der Waals surface area (Å²) in [6, 6.07) is 15.1. The van der Waals surface area contributed by atoms with Gasteiger partial charge in [0.2, 0.25) is 0 Å². The van der Waals surface area contributed by atoms with Gasteiger partial charge in [0.25, 0.3) is 0 Å². The minimum absolute atomic E-state index is 0.397. The van der Waals surface area contributed by atoms with Gasteiger partial charge >= 0.3 is 0 Å². The van der Waals surface area contributed by atoms with Crippen molar-refractivity contribution in [2.24, 2.45) is 0 Å². The molecular weight excluding hydrogens is 214 g/mol. The maximum absolute atomic E-state index is 10.2. The number of hydrogen-bond donors (Lipinski definition) is 1. The number of aliphatic hydroxyl groups is 1. The van der Waals surface area contributed by atoms with Crippen LogP contribution in [0.3, 0.4) is 0 Å². The number of aliphatic hydroxyl groups excluding tert-OH is 1. The number of rotatable bonds is 4. The zero-order valence-corrected chi connectivity index (χ0v) is 9.65. The lowest BCUT2D eigenvalue weighted by molar-refractivity contribution is -0.0170. The van der Waals surface area contributed by atoms with E-state index in [0.29, 0.717) is 5.69 Å². The lowest BCUT2D eigenvalue weighted by atomic mass is 10.0. The second kappa shape index (κ2) is 5.57. The molecule has 0 fully saturated rings. The number of hydrogen-bond acceptors (Lipinski definition) is 3. The van der Waals surface area contributed by atoms with Crippen LogP contribution >= 0.6 is 0 Å². The molecule has 0 saturated heterocycles. The second-order valence-electron chi connectivity index (χ2n) is 3.77. The Hall–Kier alpha value is -1.71. The highest BCUT2D eigenvalue weighted by Gasteiger charge is 2.22. The molecule has 0 bridgehead atoms. The molecule has 0 aliphatic heterocycles. The summed E-state index contributed by atoms with van der Waals surface area (Å²) in [6.07, 6.45) is 0.505. The first-order valence-electron chi connectivity index (χ1n) is 5.49. The summed E-state index contributed by atoms with van der Waals surface area (Å²) in [5.74, 6) is 0. The average molecular weight is 229 g/mol. The summed E-state index contributed by atoms with van der Waals surface area (Å²) in [5, 5.41) is 10.2. The van der Waals surface area contributed by atoms with Crippen LogP contribution in [0, 0.1) is 0 Å². The van der Waals surface area contributed by atoms with E-state index in [1.54, 1.807) is 19.4 Å². The van der Waals surface area contributed by atoms with Gasteiger partial charge < -0.3 is 9.84 Å². The van der Waals surface area contributed by atoms with Crippen molar-refractivity contribution in [2.75, 3.05) is 7.11 Å². The first kappa shape index (κ1) is 11.8. The monoisotopic (exact) mass is 229 g/mol. The molecule has 2 atom stereocenters. The molecule has 0 radical (unpaired) electrons. The van der Waals surface area contributed by atoms with Gasteiger partial charge in [-0.05, 0) is 17.7 Å². The minimum atomic E-state index is -0.761. The number of ether oxygens (including phenoxy) is 1. The van der Waals surface area contributed by atoms with Crippen LogP contribution in [0.4, 0.5) is 0 Å². The third-order valence-corrected chi connectivity index (χ3v) is 2.66.